The van der Waals surface area contributed by atoms with E-state index in [-0.39, 0.29) is 11.8 Å². The summed E-state index contributed by atoms with van der Waals surface area (Å²) in [5.41, 5.74) is 1.94. The molecule has 0 fully saturated rings. The van der Waals surface area contributed by atoms with Gasteiger partial charge in [0.25, 0.3) is 0 Å². The van der Waals surface area contributed by atoms with Crippen LogP contribution in [0.25, 0.3) is 0 Å². The summed E-state index contributed by atoms with van der Waals surface area (Å²) in [6.07, 6.45) is 0. The van der Waals surface area contributed by atoms with Gasteiger partial charge in [-0.05, 0) is 31.2 Å². The lowest BCUT2D eigenvalue weighted by atomic mass is 10.2. The van der Waals surface area contributed by atoms with Crippen molar-refractivity contribution in [2.75, 3.05) is 10.6 Å². The Balaban J connectivity index is 2.06. The molecule has 2 aromatic carbocycles. The summed E-state index contributed by atoms with van der Waals surface area (Å²) in [6, 6.07) is 13.8. The maximum Gasteiger partial charge on any atom is 0.323 e. The third-order valence-electron chi connectivity index (χ3n) is 2.59. The normalized spacial score (nSPS) is 9.83. The molecule has 0 spiro atoms. The smallest absolute Gasteiger partial charge is 0.323 e. The number of carbonyl (C=O) groups is 1. The number of rotatable bonds is 2. The van der Waals surface area contributed by atoms with E-state index >= 15 is 0 Å². The van der Waals surface area contributed by atoms with Gasteiger partial charge in [0.15, 0.2) is 0 Å². The van der Waals surface area contributed by atoms with Gasteiger partial charge in [0, 0.05) is 16.9 Å². The second-order valence-electron chi connectivity index (χ2n) is 3.89. The van der Waals surface area contributed by atoms with Crippen molar-refractivity contribution in [3.63, 3.8) is 0 Å². The minimum atomic E-state index is -0.338. The Bertz CT molecular complexity index is 553. The van der Waals surface area contributed by atoms with E-state index in [1.54, 1.807) is 37.3 Å². The highest BCUT2D eigenvalue weighted by Gasteiger charge is 2.06. The molecule has 0 aromatic heterocycles. The molecule has 2 amide bonds. The van der Waals surface area contributed by atoms with Crippen LogP contribution in [0.2, 0.25) is 0 Å². The van der Waals surface area contributed by atoms with Crippen molar-refractivity contribution < 1.29 is 9.90 Å². The summed E-state index contributed by atoms with van der Waals surface area (Å²) in [5, 5.41) is 14.9. The van der Waals surface area contributed by atoms with Gasteiger partial charge in [0.05, 0.1) is 0 Å². The molecular weight excluding hydrogens is 228 g/mol. The highest BCUT2D eigenvalue weighted by atomic mass is 16.3. The van der Waals surface area contributed by atoms with E-state index in [2.05, 4.69) is 10.6 Å². The first-order valence-corrected chi connectivity index (χ1v) is 5.58. The first-order chi connectivity index (χ1) is 8.66. The maximum absolute atomic E-state index is 11.7. The summed E-state index contributed by atoms with van der Waals surface area (Å²) >= 11 is 0. The lowest BCUT2D eigenvalue weighted by Crippen LogP contribution is -2.19. The second-order valence-corrected chi connectivity index (χ2v) is 3.89. The van der Waals surface area contributed by atoms with Crippen molar-refractivity contribution in [2.24, 2.45) is 0 Å². The number of para-hydroxylation sites is 1. The van der Waals surface area contributed by atoms with Crippen LogP contribution in [0.5, 0.6) is 5.75 Å². The zero-order valence-corrected chi connectivity index (χ0v) is 9.97. The molecule has 18 heavy (non-hydrogen) atoms. The Hall–Kier alpha value is -2.49. The number of urea groups is 1. The molecule has 2 aromatic rings. The molecule has 0 bridgehead atoms. The summed E-state index contributed by atoms with van der Waals surface area (Å²) in [5.74, 6) is 0.160. The molecule has 0 saturated carbocycles. The van der Waals surface area contributed by atoms with Gasteiger partial charge in [0.2, 0.25) is 0 Å². The fraction of sp³-hybridized carbons (Fsp3) is 0.0714. The van der Waals surface area contributed by atoms with Crippen LogP contribution >= 0.6 is 0 Å². The molecule has 0 aliphatic carbocycles. The summed E-state index contributed by atoms with van der Waals surface area (Å²) in [7, 11) is 0. The Morgan fingerprint density at radius 2 is 1.72 bits per heavy atom. The number of hydrogen-bond acceptors (Lipinski definition) is 2. The lowest BCUT2D eigenvalue weighted by Gasteiger charge is -2.10. The third-order valence-corrected chi connectivity index (χ3v) is 2.59. The Kier molecular flexibility index (Phi) is 3.48. The first kappa shape index (κ1) is 12.0. The monoisotopic (exact) mass is 242 g/mol. The summed E-state index contributed by atoms with van der Waals surface area (Å²) in [4.78, 5) is 11.7. The topological polar surface area (TPSA) is 61.4 Å². The molecule has 0 heterocycles. The van der Waals surface area contributed by atoms with Gasteiger partial charge in [-0.1, -0.05) is 24.3 Å². The fourth-order valence-corrected chi connectivity index (χ4v) is 1.57. The number of benzene rings is 2. The average Bonchev–Trinajstić information content (AvgIpc) is 2.36. The van der Waals surface area contributed by atoms with Crippen LogP contribution in [-0.2, 0) is 0 Å². The fourth-order valence-electron chi connectivity index (χ4n) is 1.57. The van der Waals surface area contributed by atoms with Crippen LogP contribution in [-0.4, -0.2) is 11.1 Å². The molecule has 0 unspecified atom stereocenters. The van der Waals surface area contributed by atoms with Gasteiger partial charge in [0.1, 0.15) is 5.75 Å². The summed E-state index contributed by atoms with van der Waals surface area (Å²) < 4.78 is 0. The highest BCUT2D eigenvalue weighted by Crippen LogP contribution is 2.23. The van der Waals surface area contributed by atoms with Crippen LogP contribution in [0.4, 0.5) is 16.2 Å². The van der Waals surface area contributed by atoms with Crippen LogP contribution in [0, 0.1) is 6.92 Å². The van der Waals surface area contributed by atoms with Gasteiger partial charge in [-0.2, -0.15) is 0 Å². The van der Waals surface area contributed by atoms with Gasteiger partial charge in [-0.15, -0.1) is 0 Å². The van der Waals surface area contributed by atoms with Crippen molar-refractivity contribution in [2.45, 2.75) is 6.92 Å². The predicted octanol–water partition coefficient (Wildman–Crippen LogP) is 3.34. The standard InChI is InChI=1S/C14H14N2O2/c1-10-12(8-5-9-13(10)17)16-14(18)15-11-6-3-2-4-7-11/h2-9,17H,1H3,(H2,15,16,18). The number of hydrogen-bond donors (Lipinski definition) is 3. The molecule has 0 radical (unpaired) electrons. The quantitative estimate of drug-likeness (QED) is 0.756. The number of aromatic hydroxyl groups is 1. The van der Waals surface area contributed by atoms with E-state index in [1.165, 1.54) is 0 Å². The predicted molar refractivity (Wildman–Crippen MR) is 71.9 cm³/mol. The zero-order chi connectivity index (χ0) is 13.0. The number of nitrogens with one attached hydrogen (secondary N) is 2. The van der Waals surface area contributed by atoms with Gasteiger partial charge >= 0.3 is 6.03 Å². The number of phenols is 1. The third kappa shape index (κ3) is 2.79. The van der Waals surface area contributed by atoms with Crippen molar-refractivity contribution in [1.82, 2.24) is 0 Å². The van der Waals surface area contributed by atoms with Crippen LogP contribution in [0.3, 0.4) is 0 Å². The van der Waals surface area contributed by atoms with E-state index in [0.29, 0.717) is 16.9 Å². The summed E-state index contributed by atoms with van der Waals surface area (Å²) in [6.45, 7) is 1.74. The SMILES string of the molecule is Cc1c(O)cccc1NC(=O)Nc1ccccc1. The molecule has 4 heteroatoms. The molecular formula is C14H14N2O2. The zero-order valence-electron chi connectivity index (χ0n) is 9.97. The van der Waals surface area contributed by atoms with Crippen LogP contribution in [0.15, 0.2) is 48.5 Å². The van der Waals surface area contributed by atoms with E-state index in [0.717, 1.165) is 0 Å². The van der Waals surface area contributed by atoms with Crippen LogP contribution in [0.1, 0.15) is 5.56 Å². The number of carbonyl (C=O) groups excluding carboxylic acids is 1. The molecule has 0 aliphatic heterocycles. The molecule has 0 atom stereocenters. The van der Waals surface area contributed by atoms with Gasteiger partial charge in [-0.3, -0.25) is 0 Å². The minimum absolute atomic E-state index is 0.160. The number of amides is 2. The molecule has 3 N–H and O–H groups in total. The number of phenolic OH excluding ortho intramolecular Hbond substituents is 1. The second kappa shape index (κ2) is 5.23. The highest BCUT2D eigenvalue weighted by molar-refractivity contribution is 6.00. The molecule has 92 valence electrons. The van der Waals surface area contributed by atoms with E-state index < -0.39 is 0 Å². The van der Waals surface area contributed by atoms with Crippen LogP contribution < -0.4 is 10.6 Å². The average molecular weight is 242 g/mol. The van der Waals surface area contributed by atoms with Crippen molar-refractivity contribution >= 4 is 17.4 Å². The van der Waals surface area contributed by atoms with E-state index in [9.17, 15) is 9.90 Å². The molecule has 4 nitrogen and oxygen atoms in total. The number of anilines is 2. The first-order valence-electron chi connectivity index (χ1n) is 5.58. The van der Waals surface area contributed by atoms with E-state index in [4.69, 9.17) is 0 Å². The van der Waals surface area contributed by atoms with Gasteiger partial charge < -0.3 is 15.7 Å². The van der Waals surface area contributed by atoms with Crippen molar-refractivity contribution in [1.29, 1.82) is 0 Å². The van der Waals surface area contributed by atoms with E-state index in [1.807, 2.05) is 18.2 Å². The van der Waals surface area contributed by atoms with Gasteiger partial charge in [-0.25, -0.2) is 4.79 Å². The minimum Gasteiger partial charge on any atom is -0.508 e. The van der Waals surface area contributed by atoms with Crippen molar-refractivity contribution in [3.05, 3.63) is 54.1 Å². The molecule has 0 saturated heterocycles. The Morgan fingerprint density at radius 1 is 1.00 bits per heavy atom. The lowest BCUT2D eigenvalue weighted by molar-refractivity contribution is 0.262. The Labute approximate surface area is 105 Å². The largest absolute Gasteiger partial charge is 0.508 e. The Morgan fingerprint density at radius 3 is 2.44 bits per heavy atom. The van der Waals surface area contributed by atoms with Crippen molar-refractivity contribution in [3.8, 4) is 5.75 Å². The molecule has 2 rings (SSSR count). The molecule has 0 aliphatic rings. The maximum atomic E-state index is 11.7.